The van der Waals surface area contributed by atoms with Gasteiger partial charge in [-0.1, -0.05) is 0 Å². The van der Waals surface area contributed by atoms with Gasteiger partial charge in [0.1, 0.15) is 5.82 Å². The van der Waals surface area contributed by atoms with Crippen LogP contribution in [0, 0.1) is 0 Å². The molecule has 1 heterocycles. The molecule has 0 aliphatic rings. The molecule has 0 unspecified atom stereocenters. The number of nitrogens with two attached hydrogens (primary N) is 1. The van der Waals surface area contributed by atoms with E-state index < -0.39 is 41.2 Å². The molecule has 2 N–H and O–H groups in total. The number of rotatable bonds is 2. The third kappa shape index (κ3) is 2.66. The monoisotopic (exact) mass is 270 g/mol. The molecule has 0 aromatic carbocycles. The van der Waals surface area contributed by atoms with E-state index in [-0.39, 0.29) is 6.07 Å². The number of methoxy groups -OCH3 is 1. The second kappa shape index (κ2) is 4.75. The van der Waals surface area contributed by atoms with Crippen molar-refractivity contribution < 1.29 is 31.5 Å². The van der Waals surface area contributed by atoms with Crippen LogP contribution in [0.4, 0.5) is 27.8 Å². The van der Waals surface area contributed by atoms with E-state index in [2.05, 4.69) is 9.72 Å². The van der Waals surface area contributed by atoms with Crippen LogP contribution in [0.2, 0.25) is 0 Å². The highest BCUT2D eigenvalue weighted by Crippen LogP contribution is 2.38. The fourth-order valence-corrected chi connectivity index (χ4v) is 1.25. The number of alkyl halides is 5. The van der Waals surface area contributed by atoms with E-state index in [9.17, 15) is 26.7 Å². The fourth-order valence-electron chi connectivity index (χ4n) is 1.25. The van der Waals surface area contributed by atoms with Crippen LogP contribution in [0.5, 0.6) is 0 Å². The number of anilines is 1. The highest BCUT2D eigenvalue weighted by Gasteiger charge is 2.38. The molecule has 0 saturated carbocycles. The summed E-state index contributed by atoms with van der Waals surface area (Å²) in [6, 6.07) is 0.184. The second-order valence-corrected chi connectivity index (χ2v) is 3.14. The first kappa shape index (κ1) is 14.1. The lowest BCUT2D eigenvalue weighted by Crippen LogP contribution is -2.16. The zero-order valence-electron chi connectivity index (χ0n) is 8.89. The number of nitrogen functional groups attached to an aromatic ring is 1. The minimum absolute atomic E-state index is 0.184. The molecule has 4 nitrogen and oxygen atoms in total. The second-order valence-electron chi connectivity index (χ2n) is 3.14. The third-order valence-electron chi connectivity index (χ3n) is 2.01. The smallest absolute Gasteiger partial charge is 0.417 e. The van der Waals surface area contributed by atoms with Gasteiger partial charge in [-0.3, -0.25) is 0 Å². The Morgan fingerprint density at radius 2 is 2.00 bits per heavy atom. The van der Waals surface area contributed by atoms with E-state index in [0.29, 0.717) is 0 Å². The summed E-state index contributed by atoms with van der Waals surface area (Å²) in [5.41, 5.74) is 1.08. The van der Waals surface area contributed by atoms with Crippen LogP contribution >= 0.6 is 0 Å². The molecular formula is C9H7F5N2O2. The van der Waals surface area contributed by atoms with Crippen molar-refractivity contribution in [3.63, 3.8) is 0 Å². The molecule has 1 rings (SSSR count). The predicted molar refractivity (Wildman–Crippen MR) is 49.9 cm³/mol. The largest absolute Gasteiger partial charge is 0.464 e. The van der Waals surface area contributed by atoms with Gasteiger partial charge in [0.2, 0.25) is 0 Å². The molecular weight excluding hydrogens is 263 g/mol. The normalized spacial score (nSPS) is 11.7. The fraction of sp³-hybridized carbons (Fsp3) is 0.333. The van der Waals surface area contributed by atoms with Crippen LogP contribution in [0.3, 0.4) is 0 Å². The lowest BCUT2D eigenvalue weighted by atomic mass is 10.1. The number of pyridine rings is 1. The Bertz CT molecular complexity index is 473. The minimum Gasteiger partial charge on any atom is -0.464 e. The maximum atomic E-state index is 12.6. The zero-order valence-corrected chi connectivity index (χ0v) is 8.89. The van der Waals surface area contributed by atoms with Gasteiger partial charge in [0, 0.05) is 0 Å². The summed E-state index contributed by atoms with van der Waals surface area (Å²) in [5.74, 6) is -2.26. The summed E-state index contributed by atoms with van der Waals surface area (Å²) in [4.78, 5) is 14.2. The topological polar surface area (TPSA) is 65.2 Å². The molecule has 18 heavy (non-hydrogen) atoms. The van der Waals surface area contributed by atoms with Gasteiger partial charge in [0.15, 0.2) is 5.69 Å². The maximum absolute atomic E-state index is 12.6. The first-order chi connectivity index (χ1) is 8.18. The van der Waals surface area contributed by atoms with Gasteiger partial charge in [-0.25, -0.2) is 18.6 Å². The highest BCUT2D eigenvalue weighted by atomic mass is 19.4. The maximum Gasteiger partial charge on any atom is 0.417 e. The van der Waals surface area contributed by atoms with Gasteiger partial charge in [-0.15, -0.1) is 0 Å². The summed E-state index contributed by atoms with van der Waals surface area (Å²) in [6.07, 6.45) is -8.54. The molecule has 0 fully saturated rings. The van der Waals surface area contributed by atoms with Gasteiger partial charge < -0.3 is 10.5 Å². The van der Waals surface area contributed by atoms with Crippen LogP contribution < -0.4 is 5.73 Å². The van der Waals surface area contributed by atoms with E-state index >= 15 is 0 Å². The summed E-state index contributed by atoms with van der Waals surface area (Å²) < 4.78 is 66.8. The lowest BCUT2D eigenvalue weighted by molar-refractivity contribution is -0.139. The van der Waals surface area contributed by atoms with Crippen LogP contribution in [-0.4, -0.2) is 18.1 Å². The number of aromatic nitrogens is 1. The zero-order chi connectivity index (χ0) is 14.1. The average Bonchev–Trinajstić information content (AvgIpc) is 2.25. The molecule has 0 aliphatic carbocycles. The minimum atomic E-state index is -5.08. The Morgan fingerprint density at radius 3 is 2.39 bits per heavy atom. The Balaban J connectivity index is 3.52. The first-order valence-electron chi connectivity index (χ1n) is 4.42. The molecule has 0 aliphatic heterocycles. The van der Waals surface area contributed by atoms with Crippen LogP contribution in [0.1, 0.15) is 28.0 Å². The van der Waals surface area contributed by atoms with Crippen molar-refractivity contribution in [2.45, 2.75) is 12.6 Å². The molecule has 1 aromatic heterocycles. The Kier molecular flexibility index (Phi) is 3.73. The number of hydrogen-bond acceptors (Lipinski definition) is 4. The summed E-state index contributed by atoms with van der Waals surface area (Å²) in [5, 5.41) is 0. The van der Waals surface area contributed by atoms with Gasteiger partial charge in [-0.05, 0) is 6.07 Å². The van der Waals surface area contributed by atoms with Crippen molar-refractivity contribution in [3.05, 3.63) is 22.9 Å². The number of carbonyl (C=O) groups is 1. The molecule has 0 spiro atoms. The first-order valence-corrected chi connectivity index (χ1v) is 4.42. The molecule has 9 heteroatoms. The third-order valence-corrected chi connectivity index (χ3v) is 2.01. The number of halogens is 5. The van der Waals surface area contributed by atoms with Crippen molar-refractivity contribution >= 4 is 11.8 Å². The molecule has 0 radical (unpaired) electrons. The van der Waals surface area contributed by atoms with Gasteiger partial charge >= 0.3 is 12.1 Å². The molecule has 1 aromatic rings. The van der Waals surface area contributed by atoms with Crippen LogP contribution in [-0.2, 0) is 10.9 Å². The average molecular weight is 270 g/mol. The van der Waals surface area contributed by atoms with E-state index in [0.717, 1.165) is 7.11 Å². The van der Waals surface area contributed by atoms with Crippen molar-refractivity contribution in [3.8, 4) is 0 Å². The number of ether oxygens (including phenoxy) is 1. The van der Waals surface area contributed by atoms with Crippen molar-refractivity contribution in [2.75, 3.05) is 12.8 Å². The van der Waals surface area contributed by atoms with E-state index in [4.69, 9.17) is 5.73 Å². The predicted octanol–water partition coefficient (Wildman–Crippen LogP) is 2.41. The SMILES string of the molecule is COC(=O)c1cc(C(F)(F)F)c(C(F)F)c(N)n1. The molecule has 0 bridgehead atoms. The van der Waals surface area contributed by atoms with E-state index in [1.54, 1.807) is 0 Å². The van der Waals surface area contributed by atoms with Crippen LogP contribution in [0.25, 0.3) is 0 Å². The number of esters is 1. The van der Waals surface area contributed by atoms with Gasteiger partial charge in [0.05, 0.1) is 18.2 Å². The van der Waals surface area contributed by atoms with Crippen LogP contribution in [0.15, 0.2) is 6.07 Å². The highest BCUT2D eigenvalue weighted by molar-refractivity contribution is 5.88. The van der Waals surface area contributed by atoms with Gasteiger partial charge in [0.25, 0.3) is 6.43 Å². The van der Waals surface area contributed by atoms with Crippen molar-refractivity contribution in [2.24, 2.45) is 0 Å². The summed E-state index contributed by atoms with van der Waals surface area (Å²) in [6.45, 7) is 0. The number of nitrogens with zero attached hydrogens (tertiary/aromatic N) is 1. The lowest BCUT2D eigenvalue weighted by Gasteiger charge is -2.14. The van der Waals surface area contributed by atoms with Gasteiger partial charge in [-0.2, -0.15) is 13.2 Å². The summed E-state index contributed by atoms with van der Waals surface area (Å²) >= 11 is 0. The molecule has 100 valence electrons. The van der Waals surface area contributed by atoms with E-state index in [1.165, 1.54) is 0 Å². The number of hydrogen-bond donors (Lipinski definition) is 1. The molecule has 0 saturated heterocycles. The van der Waals surface area contributed by atoms with E-state index in [1.807, 2.05) is 0 Å². The molecule has 0 atom stereocenters. The van der Waals surface area contributed by atoms with Crippen molar-refractivity contribution in [1.29, 1.82) is 0 Å². The Labute approximate surface area is 97.6 Å². The van der Waals surface area contributed by atoms with Crippen molar-refractivity contribution in [1.82, 2.24) is 4.98 Å². The Morgan fingerprint density at radius 1 is 1.44 bits per heavy atom. The Hall–Kier alpha value is -1.93. The quantitative estimate of drug-likeness (QED) is 0.662. The molecule has 0 amide bonds. The standard InChI is InChI=1S/C9H7F5N2O2/c1-18-8(17)4-2-3(9(12,13)14)5(6(10)11)7(15)16-4/h2,6H,1H3,(H2,15,16). The number of carbonyl (C=O) groups excluding carboxylic acids is 1. The summed E-state index contributed by atoms with van der Waals surface area (Å²) in [7, 11) is 0.911.